The zero-order chi connectivity index (χ0) is 35.0. The summed E-state index contributed by atoms with van der Waals surface area (Å²) in [4.78, 5) is 16.4. The van der Waals surface area contributed by atoms with Crippen molar-refractivity contribution in [2.45, 2.75) is 99.8 Å². The molecule has 0 fully saturated rings. The van der Waals surface area contributed by atoms with Crippen molar-refractivity contribution in [2.24, 2.45) is 17.8 Å². The molecule has 1 radical (unpaired) electrons. The van der Waals surface area contributed by atoms with E-state index < -0.39 is 0 Å². The average molecular weight is 837 g/mol. The van der Waals surface area contributed by atoms with Crippen LogP contribution >= 0.6 is 0 Å². The van der Waals surface area contributed by atoms with E-state index >= 15 is 0 Å². The van der Waals surface area contributed by atoms with Gasteiger partial charge in [-0.3, -0.25) is 9.78 Å². The van der Waals surface area contributed by atoms with Crippen molar-refractivity contribution in [1.29, 1.82) is 0 Å². The first-order chi connectivity index (χ1) is 22.9. The van der Waals surface area contributed by atoms with Crippen LogP contribution < -0.4 is 0 Å². The van der Waals surface area contributed by atoms with Crippen molar-refractivity contribution in [3.05, 3.63) is 102 Å². The smallest absolute Gasteiger partial charge is 0.162 e. The van der Waals surface area contributed by atoms with E-state index in [2.05, 4.69) is 107 Å². The van der Waals surface area contributed by atoms with Crippen LogP contribution in [0.5, 0.6) is 0 Å². The molecule has 2 aromatic heterocycles. The maximum absolute atomic E-state index is 11.7. The molecular weight excluding hydrogens is 783 g/mol. The Morgan fingerprint density at radius 2 is 1.53 bits per heavy atom. The van der Waals surface area contributed by atoms with E-state index in [4.69, 9.17) is 9.40 Å². The minimum absolute atomic E-state index is 0. The summed E-state index contributed by atoms with van der Waals surface area (Å²) in [6.07, 6.45) is 7.76. The Kier molecular flexibility index (Phi) is 14.6. The van der Waals surface area contributed by atoms with Crippen LogP contribution in [0.15, 0.2) is 89.2 Å². The largest absolute Gasteiger partial charge is 0.512 e. The molecule has 263 valence electrons. The number of nitrogens with zero attached hydrogens (tertiary/aromatic N) is 1. The van der Waals surface area contributed by atoms with Crippen LogP contribution in [-0.4, -0.2) is 15.9 Å². The summed E-state index contributed by atoms with van der Waals surface area (Å²) in [6, 6.07) is 27.2. The third kappa shape index (κ3) is 10.2. The summed E-state index contributed by atoms with van der Waals surface area (Å²) < 4.78 is 6.03. The number of carbonyl (C=O) groups excluding carboxylic acids is 1. The Morgan fingerprint density at radius 3 is 2.16 bits per heavy atom. The predicted molar refractivity (Wildman–Crippen MR) is 202 cm³/mol. The van der Waals surface area contributed by atoms with Crippen LogP contribution in [0.4, 0.5) is 0 Å². The standard InChI is InChI=1S/C31H30NO.C13H24O2.Ir/c1-20(2)14-26-17-25-15-21(10-11-30(25)33-26)22-12-13-32-29(19-22)24-16-23-8-6-7-9-27(23)28(18-24)31(3,4)5;1-5-10(6-2)12(14)9-13(15)11(7-3)8-4;/h6-13,15,17-20H,14H2,1-5H3;9-11,14H,5-8H2,1-4H3;/q-1;;/b;12-9-;. The summed E-state index contributed by atoms with van der Waals surface area (Å²) >= 11 is 0. The Morgan fingerprint density at radius 1 is 0.878 bits per heavy atom. The second-order valence-electron chi connectivity index (χ2n) is 14.4. The average Bonchev–Trinajstić information content (AvgIpc) is 3.46. The van der Waals surface area contributed by atoms with Gasteiger partial charge in [0.15, 0.2) is 5.78 Å². The first-order valence-electron chi connectivity index (χ1n) is 17.8. The van der Waals surface area contributed by atoms with Crippen LogP contribution in [0.1, 0.15) is 99.3 Å². The summed E-state index contributed by atoms with van der Waals surface area (Å²) in [5.74, 6) is 2.17. The zero-order valence-corrected chi connectivity index (χ0v) is 33.2. The number of benzene rings is 3. The van der Waals surface area contributed by atoms with Crippen LogP contribution in [0, 0.1) is 23.8 Å². The summed E-state index contributed by atoms with van der Waals surface area (Å²) in [6.45, 7) is 19.3. The Balaban J connectivity index is 0.000000347. The van der Waals surface area contributed by atoms with Crippen molar-refractivity contribution >= 4 is 27.5 Å². The molecular formula is C44H54IrNO3-. The van der Waals surface area contributed by atoms with Crippen LogP contribution in [0.3, 0.4) is 0 Å². The van der Waals surface area contributed by atoms with Gasteiger partial charge in [-0.05, 0) is 72.4 Å². The minimum Gasteiger partial charge on any atom is -0.512 e. The van der Waals surface area contributed by atoms with E-state index in [-0.39, 0.29) is 48.9 Å². The molecule has 0 aliphatic rings. The molecule has 0 bridgehead atoms. The van der Waals surface area contributed by atoms with Crippen LogP contribution in [0.25, 0.3) is 44.1 Å². The van der Waals surface area contributed by atoms with E-state index in [1.54, 1.807) is 0 Å². The SMILES string of the molecule is CC(C)Cc1cc2cc(-c3ccnc(-c4[c-]c5ccccc5c(C(C)(C)C)c4)c3)ccc2o1.CCC(CC)C(=O)/C=C(\O)C(CC)CC.[Ir]. The molecule has 0 aliphatic heterocycles. The van der Waals surface area contributed by atoms with Crippen LogP contribution in [0.2, 0.25) is 0 Å². The van der Waals surface area contributed by atoms with Gasteiger partial charge in [0.2, 0.25) is 0 Å². The van der Waals surface area contributed by atoms with Gasteiger partial charge in [0, 0.05) is 61.7 Å². The van der Waals surface area contributed by atoms with Gasteiger partial charge in [0.1, 0.15) is 11.3 Å². The Labute approximate surface area is 307 Å². The number of fused-ring (bicyclic) bond motifs is 2. The Bertz CT molecular complexity index is 1850. The molecule has 4 nitrogen and oxygen atoms in total. The number of hydrogen-bond acceptors (Lipinski definition) is 4. The number of aromatic nitrogens is 1. The monoisotopic (exact) mass is 837 g/mol. The van der Waals surface area contributed by atoms with Gasteiger partial charge < -0.3 is 9.52 Å². The molecule has 0 amide bonds. The van der Waals surface area contributed by atoms with Gasteiger partial charge in [0.05, 0.1) is 5.76 Å². The minimum atomic E-state index is 0. The van der Waals surface area contributed by atoms with E-state index in [0.29, 0.717) is 5.92 Å². The fourth-order valence-corrected chi connectivity index (χ4v) is 6.31. The molecule has 2 heterocycles. The first-order valence-corrected chi connectivity index (χ1v) is 17.8. The molecule has 0 spiro atoms. The molecule has 5 heteroatoms. The first kappa shape index (κ1) is 39.9. The predicted octanol–water partition coefficient (Wildman–Crippen LogP) is 12.5. The molecule has 0 atom stereocenters. The normalized spacial score (nSPS) is 12.0. The number of aliphatic hydroxyl groups excluding tert-OH is 1. The number of ketones is 1. The quantitative estimate of drug-likeness (QED) is 0.0818. The number of pyridine rings is 1. The molecule has 49 heavy (non-hydrogen) atoms. The van der Waals surface area contributed by atoms with Crippen LogP contribution in [-0.2, 0) is 36.7 Å². The fourth-order valence-electron chi connectivity index (χ4n) is 6.31. The van der Waals surface area contributed by atoms with E-state index in [0.717, 1.165) is 71.0 Å². The maximum Gasteiger partial charge on any atom is 0.162 e. The molecule has 5 aromatic rings. The van der Waals surface area contributed by atoms with E-state index in [1.807, 2.05) is 33.9 Å². The topological polar surface area (TPSA) is 63.3 Å². The van der Waals surface area contributed by atoms with Gasteiger partial charge in [-0.15, -0.1) is 29.1 Å². The summed E-state index contributed by atoms with van der Waals surface area (Å²) in [5, 5.41) is 13.3. The molecule has 1 N–H and O–H groups in total. The fraction of sp³-hybridized carbons (Fsp3) is 0.409. The number of carbonyl (C=O) groups is 1. The zero-order valence-electron chi connectivity index (χ0n) is 30.8. The molecule has 0 aliphatic carbocycles. The van der Waals surface area contributed by atoms with Crippen molar-refractivity contribution < 1.29 is 34.4 Å². The molecule has 0 unspecified atom stereocenters. The summed E-state index contributed by atoms with van der Waals surface area (Å²) in [5.41, 5.74) is 6.58. The van der Waals surface area contributed by atoms with E-state index in [1.165, 1.54) is 22.6 Å². The molecule has 0 saturated heterocycles. The van der Waals surface area contributed by atoms with Gasteiger partial charge >= 0.3 is 0 Å². The van der Waals surface area contributed by atoms with Gasteiger partial charge in [-0.1, -0.05) is 104 Å². The molecule has 3 aromatic carbocycles. The van der Waals surface area contributed by atoms with Gasteiger partial charge in [-0.2, -0.15) is 0 Å². The number of rotatable bonds is 11. The van der Waals surface area contributed by atoms with Crippen molar-refractivity contribution in [3.8, 4) is 22.4 Å². The summed E-state index contributed by atoms with van der Waals surface area (Å²) in [7, 11) is 0. The number of furan rings is 1. The molecule has 5 rings (SSSR count). The van der Waals surface area contributed by atoms with Gasteiger partial charge in [0.25, 0.3) is 0 Å². The van der Waals surface area contributed by atoms with Crippen molar-refractivity contribution in [2.75, 3.05) is 0 Å². The third-order valence-electron chi connectivity index (χ3n) is 9.21. The van der Waals surface area contributed by atoms with Gasteiger partial charge in [-0.25, -0.2) is 0 Å². The number of hydrogen-bond donors (Lipinski definition) is 1. The van der Waals surface area contributed by atoms with Crippen molar-refractivity contribution in [1.82, 2.24) is 4.98 Å². The molecule has 0 saturated carbocycles. The second kappa shape index (κ2) is 17.9. The van der Waals surface area contributed by atoms with E-state index in [9.17, 15) is 9.90 Å². The van der Waals surface area contributed by atoms with Crippen molar-refractivity contribution in [3.63, 3.8) is 0 Å². The Hall–Kier alpha value is -3.53. The maximum atomic E-state index is 11.7. The third-order valence-corrected chi connectivity index (χ3v) is 9.21. The number of allylic oxidation sites excluding steroid dienone is 2. The second-order valence-corrected chi connectivity index (χ2v) is 14.4. The number of aliphatic hydroxyl groups is 1.